The van der Waals surface area contributed by atoms with E-state index in [4.69, 9.17) is 20.8 Å². The number of carbonyl (C=O) groups excluding carboxylic acids is 2. The van der Waals surface area contributed by atoms with Crippen molar-refractivity contribution in [3.05, 3.63) is 70.3 Å². The topological polar surface area (TPSA) is 80.0 Å². The summed E-state index contributed by atoms with van der Waals surface area (Å²) < 4.78 is 10.2. The van der Waals surface area contributed by atoms with Crippen molar-refractivity contribution in [2.45, 2.75) is 6.04 Å². The van der Waals surface area contributed by atoms with E-state index >= 15 is 0 Å². The summed E-state index contributed by atoms with van der Waals surface area (Å²) in [4.78, 5) is 26.7. The van der Waals surface area contributed by atoms with Crippen LogP contribution in [0.15, 0.2) is 58.4 Å². The largest absolute Gasteiger partial charge is 0.503 e. The summed E-state index contributed by atoms with van der Waals surface area (Å²) in [5.74, 6) is -1.66. The Bertz CT molecular complexity index is 811. The lowest BCUT2D eigenvalue weighted by atomic mass is 9.95. The minimum Gasteiger partial charge on any atom is -0.503 e. The number of carbonyl (C=O) groups is 2. The second kappa shape index (κ2) is 7.13. The highest BCUT2D eigenvalue weighted by molar-refractivity contribution is 6.30. The van der Waals surface area contributed by atoms with Crippen molar-refractivity contribution in [1.29, 1.82) is 0 Å². The number of nitrogens with zero attached hydrogens (tertiary/aromatic N) is 1. The maximum atomic E-state index is 12.8. The highest BCUT2D eigenvalue weighted by Crippen LogP contribution is 2.39. The molecule has 1 N–H and O–H groups in total. The van der Waals surface area contributed by atoms with Crippen molar-refractivity contribution < 1.29 is 23.8 Å². The Hall–Kier alpha value is -2.57. The van der Waals surface area contributed by atoms with Gasteiger partial charge in [-0.2, -0.15) is 0 Å². The lowest BCUT2D eigenvalue weighted by molar-refractivity contribution is -0.130. The van der Waals surface area contributed by atoms with Crippen molar-refractivity contribution in [3.8, 4) is 0 Å². The smallest absolute Gasteiger partial charge is 0.290 e. The van der Waals surface area contributed by atoms with Gasteiger partial charge in [0.15, 0.2) is 11.5 Å². The van der Waals surface area contributed by atoms with Gasteiger partial charge in [-0.3, -0.25) is 9.59 Å². The molecule has 0 bridgehead atoms. The zero-order chi connectivity index (χ0) is 18.0. The van der Waals surface area contributed by atoms with E-state index in [1.54, 1.807) is 30.3 Å². The molecule has 0 saturated carbocycles. The number of ketones is 1. The maximum absolute atomic E-state index is 12.8. The number of Topliss-reactive ketones (excluding diaryl/α,β-unsaturated/α-hetero) is 1. The first-order valence-electron chi connectivity index (χ1n) is 7.61. The number of aliphatic hydroxyl groups is 1. The monoisotopic (exact) mass is 361 g/mol. The van der Waals surface area contributed by atoms with Gasteiger partial charge in [0.2, 0.25) is 5.78 Å². The van der Waals surface area contributed by atoms with Crippen LogP contribution in [0.25, 0.3) is 0 Å². The molecule has 6 nitrogen and oxygen atoms in total. The fraction of sp³-hybridized carbons (Fsp3) is 0.222. The molecule has 0 spiro atoms. The van der Waals surface area contributed by atoms with E-state index in [0.29, 0.717) is 10.6 Å². The molecule has 2 aromatic rings. The molecule has 0 unspecified atom stereocenters. The molecule has 130 valence electrons. The highest BCUT2D eigenvalue weighted by atomic mass is 35.5. The van der Waals surface area contributed by atoms with Crippen molar-refractivity contribution in [2.75, 3.05) is 20.3 Å². The zero-order valence-electron chi connectivity index (χ0n) is 13.4. The maximum Gasteiger partial charge on any atom is 0.290 e. The molecule has 2 heterocycles. The summed E-state index contributed by atoms with van der Waals surface area (Å²) in [6.07, 6.45) is 1.36. The number of methoxy groups -OCH3 is 1. The number of ether oxygens (including phenoxy) is 1. The third kappa shape index (κ3) is 3.18. The van der Waals surface area contributed by atoms with Crippen LogP contribution in [0.1, 0.15) is 22.2 Å². The first-order chi connectivity index (χ1) is 12.0. The average Bonchev–Trinajstić information content (AvgIpc) is 3.22. The van der Waals surface area contributed by atoms with Gasteiger partial charge in [0.25, 0.3) is 5.91 Å². The lowest BCUT2D eigenvalue weighted by Crippen LogP contribution is -2.33. The van der Waals surface area contributed by atoms with E-state index in [1.165, 1.54) is 24.3 Å². The molecule has 1 atom stereocenters. The molecule has 0 saturated heterocycles. The van der Waals surface area contributed by atoms with Gasteiger partial charge in [0.05, 0.1) is 24.5 Å². The average molecular weight is 362 g/mol. The molecule has 3 rings (SSSR count). The molecule has 25 heavy (non-hydrogen) atoms. The van der Waals surface area contributed by atoms with Gasteiger partial charge >= 0.3 is 0 Å². The summed E-state index contributed by atoms with van der Waals surface area (Å²) in [6, 6.07) is 9.09. The minimum absolute atomic E-state index is 0.0154. The Labute approximate surface area is 149 Å². The van der Waals surface area contributed by atoms with Crippen LogP contribution >= 0.6 is 11.6 Å². The van der Waals surface area contributed by atoms with E-state index < -0.39 is 23.5 Å². The second-order valence-corrected chi connectivity index (χ2v) is 5.95. The third-order valence-electron chi connectivity index (χ3n) is 4.02. The van der Waals surface area contributed by atoms with Gasteiger partial charge in [-0.1, -0.05) is 23.7 Å². The van der Waals surface area contributed by atoms with Crippen LogP contribution in [0, 0.1) is 0 Å². The molecule has 7 heteroatoms. The molecule has 1 aromatic heterocycles. The van der Waals surface area contributed by atoms with Crippen molar-refractivity contribution in [1.82, 2.24) is 4.90 Å². The molecular formula is C18H16ClNO5. The number of aliphatic hydroxyl groups excluding tert-OH is 1. The van der Waals surface area contributed by atoms with Crippen molar-refractivity contribution >= 4 is 23.3 Å². The van der Waals surface area contributed by atoms with Gasteiger partial charge < -0.3 is 19.2 Å². The van der Waals surface area contributed by atoms with Gasteiger partial charge in [-0.15, -0.1) is 0 Å². The summed E-state index contributed by atoms with van der Waals surface area (Å²) in [5.41, 5.74) is 0.645. The SMILES string of the molecule is COCCN1C(=O)C(O)=C(C(=O)c2ccco2)[C@@H]1c1ccc(Cl)cc1. The van der Waals surface area contributed by atoms with Crippen LogP contribution < -0.4 is 0 Å². The van der Waals surface area contributed by atoms with Crippen LogP contribution in [0.4, 0.5) is 0 Å². The summed E-state index contributed by atoms with van der Waals surface area (Å²) in [5, 5.41) is 10.9. The Kier molecular flexibility index (Phi) is 4.92. The molecule has 0 radical (unpaired) electrons. The van der Waals surface area contributed by atoms with Crippen LogP contribution in [0.2, 0.25) is 5.02 Å². The summed E-state index contributed by atoms with van der Waals surface area (Å²) in [7, 11) is 1.51. The number of hydrogen-bond acceptors (Lipinski definition) is 5. The van der Waals surface area contributed by atoms with Crippen molar-refractivity contribution in [2.24, 2.45) is 0 Å². The Morgan fingerprint density at radius 1 is 1.32 bits per heavy atom. The minimum atomic E-state index is -0.738. The molecule has 1 aliphatic heterocycles. The number of amides is 1. The van der Waals surface area contributed by atoms with E-state index in [1.807, 2.05) is 0 Å². The molecule has 1 aromatic carbocycles. The molecular weight excluding hydrogens is 346 g/mol. The van der Waals surface area contributed by atoms with E-state index in [2.05, 4.69) is 0 Å². The fourth-order valence-electron chi connectivity index (χ4n) is 2.84. The number of halogens is 1. The van der Waals surface area contributed by atoms with Crippen LogP contribution in [-0.2, 0) is 9.53 Å². The Morgan fingerprint density at radius 3 is 2.64 bits per heavy atom. The van der Waals surface area contributed by atoms with Gasteiger partial charge in [-0.25, -0.2) is 0 Å². The van der Waals surface area contributed by atoms with E-state index in [-0.39, 0.29) is 24.5 Å². The lowest BCUT2D eigenvalue weighted by Gasteiger charge is -2.26. The van der Waals surface area contributed by atoms with E-state index in [0.717, 1.165) is 0 Å². The molecule has 0 fully saturated rings. The Balaban J connectivity index is 2.06. The number of furan rings is 1. The van der Waals surface area contributed by atoms with Gasteiger partial charge in [0.1, 0.15) is 0 Å². The van der Waals surface area contributed by atoms with Crippen LogP contribution in [-0.4, -0.2) is 42.0 Å². The number of rotatable bonds is 6. The third-order valence-corrected chi connectivity index (χ3v) is 4.27. The van der Waals surface area contributed by atoms with Crippen LogP contribution in [0.5, 0.6) is 0 Å². The van der Waals surface area contributed by atoms with Gasteiger partial charge in [0, 0.05) is 18.7 Å². The Morgan fingerprint density at radius 2 is 2.04 bits per heavy atom. The summed E-state index contributed by atoms with van der Waals surface area (Å²) in [6.45, 7) is 0.493. The second-order valence-electron chi connectivity index (χ2n) is 5.51. The van der Waals surface area contributed by atoms with Crippen molar-refractivity contribution in [3.63, 3.8) is 0 Å². The number of hydrogen-bond donors (Lipinski definition) is 1. The predicted molar refractivity (Wildman–Crippen MR) is 90.5 cm³/mol. The standard InChI is InChI=1S/C18H16ClNO5/c1-24-10-8-20-15(11-4-6-12(19)7-5-11)14(17(22)18(20)23)16(21)13-3-2-9-25-13/h2-7,9,15,22H,8,10H2,1H3/t15-/m0/s1. The highest BCUT2D eigenvalue weighted by Gasteiger charge is 2.44. The normalized spacial score (nSPS) is 17.4. The summed E-state index contributed by atoms with van der Waals surface area (Å²) >= 11 is 5.93. The molecule has 1 aliphatic rings. The van der Waals surface area contributed by atoms with E-state index in [9.17, 15) is 14.7 Å². The predicted octanol–water partition coefficient (Wildman–Crippen LogP) is 3.16. The number of benzene rings is 1. The molecule has 1 amide bonds. The zero-order valence-corrected chi connectivity index (χ0v) is 14.2. The first kappa shape index (κ1) is 17.3. The molecule has 0 aliphatic carbocycles. The fourth-order valence-corrected chi connectivity index (χ4v) is 2.96. The first-order valence-corrected chi connectivity index (χ1v) is 7.99. The van der Waals surface area contributed by atoms with Crippen LogP contribution in [0.3, 0.4) is 0 Å². The quantitative estimate of drug-likeness (QED) is 0.799. The van der Waals surface area contributed by atoms with Gasteiger partial charge in [-0.05, 0) is 29.8 Å².